The molecule has 6 aromatic rings. The van der Waals surface area contributed by atoms with Crippen LogP contribution in [0.1, 0.15) is 156 Å². The van der Waals surface area contributed by atoms with Gasteiger partial charge in [-0.15, -0.1) is 0 Å². The minimum absolute atomic E-state index is 0.124. The number of aromatic amines is 2. The summed E-state index contributed by atoms with van der Waals surface area (Å²) in [5.41, 5.74) is 8.50. The molecule has 14 nitrogen and oxygen atoms in total. The molecule has 9 rings (SSSR count). The Hall–Kier alpha value is -5.81. The Labute approximate surface area is 458 Å². The Kier molecular flexibility index (Phi) is 18.0. The van der Waals surface area contributed by atoms with Crippen molar-refractivity contribution in [1.29, 1.82) is 0 Å². The SMILES string of the molecule is CC(C)(C)c1ccnc(-c2cc(C(C)(C)C)ccn2)c1.CC1(C)OB(B2OC(C)(C)C(C)(C)O2)OC1(C)C.COC(=O)c1ccc(-c2ccc(B3OC(C)(C)C(C)(C)O3)[nH]2)cc1.COC(=O)c1ccc(-c2ccc[nH]2)cc1. The molecule has 3 saturated heterocycles. The molecule has 2 aromatic carbocycles. The topological polar surface area (TPSA) is 165 Å². The number of aromatic nitrogens is 4. The van der Waals surface area contributed by atoms with Gasteiger partial charge in [0.25, 0.3) is 0 Å². The van der Waals surface area contributed by atoms with E-state index in [0.29, 0.717) is 11.1 Å². The summed E-state index contributed by atoms with van der Waals surface area (Å²) in [6, 6.07) is 30.8. The molecule has 0 bridgehead atoms. The molecular formula is C60H81B3N4O10. The smallest absolute Gasteiger partial charge is 0.465 e. The van der Waals surface area contributed by atoms with Crippen molar-refractivity contribution in [3.8, 4) is 33.9 Å². The molecule has 0 radical (unpaired) electrons. The second-order valence-electron chi connectivity index (χ2n) is 24.7. The summed E-state index contributed by atoms with van der Waals surface area (Å²) < 4.78 is 45.3. The third kappa shape index (κ3) is 14.3. The van der Waals surface area contributed by atoms with Crippen LogP contribution in [0.5, 0.6) is 0 Å². The molecule has 7 heterocycles. The number of nitrogens with zero attached hydrogens (tertiary/aromatic N) is 2. The molecule has 0 spiro atoms. The molecule has 17 heteroatoms. The number of benzene rings is 2. The third-order valence-electron chi connectivity index (χ3n) is 15.3. The van der Waals surface area contributed by atoms with E-state index in [1.807, 2.05) is 150 Å². The van der Waals surface area contributed by atoms with Crippen LogP contribution in [-0.2, 0) is 48.2 Å². The van der Waals surface area contributed by atoms with Crippen LogP contribution in [-0.4, -0.2) is 101 Å². The Morgan fingerprint density at radius 1 is 0.481 bits per heavy atom. The van der Waals surface area contributed by atoms with Gasteiger partial charge in [0.2, 0.25) is 0 Å². The second-order valence-corrected chi connectivity index (χ2v) is 24.7. The van der Waals surface area contributed by atoms with E-state index in [1.165, 1.54) is 25.3 Å². The lowest BCUT2D eigenvalue weighted by Crippen LogP contribution is -2.41. The van der Waals surface area contributed by atoms with Crippen LogP contribution in [0, 0.1) is 0 Å². The standard InChI is InChI=1S/C18H22BNO4.C18H24N2.C12H24B2O4.C12H11NO2/c1-17(2)18(3,4)24-19(23-17)15-11-10-14(20-15)12-6-8-13(9-7-12)16(21)22-5;1-17(2,3)13-7-9-19-15(11-13)16-12-14(8-10-20-16)18(4,5)6;1-9(2)10(3,4)16-13(15-9)14-17-11(5,6)12(7,8)18-14;1-15-12(14)10-6-4-9(5-7-10)11-3-2-8-13-11/h6-11,20H,1-5H3;7-12H,1-6H3;1-8H3;2-8,13H,1H3. The molecule has 4 aromatic heterocycles. The first-order valence-electron chi connectivity index (χ1n) is 26.3. The fraction of sp³-hybridized carbons (Fsp3) is 0.467. The Balaban J connectivity index is 0.000000169. The van der Waals surface area contributed by atoms with Crippen LogP contribution in [0.4, 0.5) is 0 Å². The molecule has 3 aliphatic rings. The number of carbonyl (C=O) groups is 2. The third-order valence-corrected chi connectivity index (χ3v) is 15.3. The van der Waals surface area contributed by atoms with E-state index < -0.39 is 21.1 Å². The quantitative estimate of drug-likeness (QED) is 0.115. The number of pyridine rings is 2. The van der Waals surface area contributed by atoms with Gasteiger partial charge in [-0.25, -0.2) is 9.59 Å². The summed E-state index contributed by atoms with van der Waals surface area (Å²) in [4.78, 5) is 38.1. The highest BCUT2D eigenvalue weighted by Gasteiger charge is 2.63. The molecule has 0 unspecified atom stereocenters. The zero-order valence-corrected chi connectivity index (χ0v) is 49.2. The summed E-state index contributed by atoms with van der Waals surface area (Å²) in [7, 11) is 1.38. The van der Waals surface area contributed by atoms with E-state index in [2.05, 4.69) is 90.5 Å². The van der Waals surface area contributed by atoms with Crippen molar-refractivity contribution in [3.05, 3.63) is 138 Å². The highest BCUT2D eigenvalue weighted by molar-refractivity contribution is 7.11. The number of hydrogen-bond acceptors (Lipinski definition) is 12. The molecule has 0 amide bonds. The van der Waals surface area contributed by atoms with Gasteiger partial charge in [0.1, 0.15) is 0 Å². The van der Waals surface area contributed by atoms with Crippen LogP contribution in [0.25, 0.3) is 33.9 Å². The lowest BCUT2D eigenvalue weighted by Gasteiger charge is -2.32. The van der Waals surface area contributed by atoms with Crippen molar-refractivity contribution in [3.63, 3.8) is 0 Å². The van der Waals surface area contributed by atoms with E-state index in [9.17, 15) is 9.59 Å². The number of esters is 2. The van der Waals surface area contributed by atoms with Crippen LogP contribution in [0.3, 0.4) is 0 Å². The van der Waals surface area contributed by atoms with E-state index in [0.717, 1.165) is 39.5 Å². The highest BCUT2D eigenvalue weighted by atomic mass is 16.7. The predicted molar refractivity (Wildman–Crippen MR) is 308 cm³/mol. The first-order valence-corrected chi connectivity index (χ1v) is 26.3. The van der Waals surface area contributed by atoms with Crippen molar-refractivity contribution in [2.45, 2.75) is 169 Å². The van der Waals surface area contributed by atoms with Crippen molar-refractivity contribution in [1.82, 2.24) is 19.9 Å². The maximum absolute atomic E-state index is 11.5. The number of methoxy groups -OCH3 is 2. The molecule has 3 fully saturated rings. The minimum atomic E-state index is -0.476. The largest absolute Gasteiger partial charge is 0.512 e. The normalized spacial score (nSPS) is 18.5. The molecule has 77 heavy (non-hydrogen) atoms. The first-order chi connectivity index (χ1) is 35.6. The predicted octanol–water partition coefficient (Wildman–Crippen LogP) is 12.2. The number of carbonyl (C=O) groups excluding carboxylic acids is 2. The molecule has 0 saturated carbocycles. The summed E-state index contributed by atoms with van der Waals surface area (Å²) in [5.74, 6) is -0.654. The van der Waals surface area contributed by atoms with Crippen molar-refractivity contribution >= 4 is 38.7 Å². The number of ether oxygens (including phenoxy) is 2. The van der Waals surface area contributed by atoms with E-state index in [-0.39, 0.29) is 56.4 Å². The number of nitrogens with one attached hydrogen (secondary N) is 2. The zero-order valence-electron chi connectivity index (χ0n) is 49.2. The van der Waals surface area contributed by atoms with Gasteiger partial charge in [-0.2, -0.15) is 0 Å². The Morgan fingerprint density at radius 2 is 0.844 bits per heavy atom. The lowest BCUT2D eigenvalue weighted by atomic mass is 9.49. The molecule has 410 valence electrons. The van der Waals surface area contributed by atoms with E-state index in [1.54, 1.807) is 24.3 Å². The maximum atomic E-state index is 11.5. The van der Waals surface area contributed by atoms with Crippen molar-refractivity contribution in [2.75, 3.05) is 14.2 Å². The van der Waals surface area contributed by atoms with Gasteiger partial charge in [-0.05, 0) is 189 Å². The monoisotopic (exact) mass is 1050 g/mol. The summed E-state index contributed by atoms with van der Waals surface area (Å²) in [5, 5.41) is 0. The summed E-state index contributed by atoms with van der Waals surface area (Å²) in [6.45, 7) is 37.6. The van der Waals surface area contributed by atoms with E-state index in [4.69, 9.17) is 32.7 Å². The lowest BCUT2D eigenvalue weighted by molar-refractivity contribution is 0.00578. The summed E-state index contributed by atoms with van der Waals surface area (Å²) in [6.07, 6.45) is 5.62. The van der Waals surface area contributed by atoms with Gasteiger partial charge >= 0.3 is 33.1 Å². The molecule has 0 aliphatic carbocycles. The minimum Gasteiger partial charge on any atom is -0.465 e. The van der Waals surface area contributed by atoms with Gasteiger partial charge in [-0.1, -0.05) is 65.8 Å². The number of hydrogen-bond donors (Lipinski definition) is 2. The van der Waals surface area contributed by atoms with Gasteiger partial charge in [0, 0.05) is 35.6 Å². The highest BCUT2D eigenvalue weighted by Crippen LogP contribution is 2.43. The Morgan fingerprint density at radius 3 is 1.18 bits per heavy atom. The second kappa shape index (κ2) is 22.9. The average molecular weight is 1050 g/mol. The van der Waals surface area contributed by atoms with Gasteiger partial charge in [0.05, 0.1) is 70.3 Å². The fourth-order valence-electron chi connectivity index (χ4n) is 8.08. The van der Waals surface area contributed by atoms with Crippen molar-refractivity contribution < 1.29 is 47.0 Å². The summed E-state index contributed by atoms with van der Waals surface area (Å²) >= 11 is 0. The van der Waals surface area contributed by atoms with Crippen molar-refractivity contribution in [2.24, 2.45) is 0 Å². The van der Waals surface area contributed by atoms with Gasteiger partial charge in [-0.3, -0.25) is 9.97 Å². The first kappa shape index (κ1) is 60.4. The number of H-pyrrole nitrogens is 2. The zero-order chi connectivity index (χ0) is 57.2. The van der Waals surface area contributed by atoms with Crippen LogP contribution < -0.4 is 5.59 Å². The van der Waals surface area contributed by atoms with E-state index >= 15 is 0 Å². The van der Waals surface area contributed by atoms with Crippen LogP contribution in [0.15, 0.2) is 116 Å². The molecule has 2 N–H and O–H groups in total. The molecule has 3 aliphatic heterocycles. The van der Waals surface area contributed by atoms with Crippen LogP contribution in [0.2, 0.25) is 0 Å². The van der Waals surface area contributed by atoms with Crippen LogP contribution >= 0.6 is 0 Å². The van der Waals surface area contributed by atoms with Gasteiger partial charge < -0.3 is 47.4 Å². The Bertz CT molecular complexity index is 2800. The average Bonchev–Trinajstić information content (AvgIpc) is 4.20. The molecular weight excluding hydrogens is 969 g/mol. The number of rotatable bonds is 7. The van der Waals surface area contributed by atoms with Gasteiger partial charge in [0.15, 0.2) is 0 Å². The molecule has 0 atom stereocenters. The fourth-order valence-corrected chi connectivity index (χ4v) is 8.08. The maximum Gasteiger partial charge on any atom is 0.512 e.